The molecule has 0 fully saturated rings. The predicted molar refractivity (Wildman–Crippen MR) is 86.4 cm³/mol. The molecule has 1 aromatic rings. The monoisotopic (exact) mass is 290 g/mol. The van der Waals surface area contributed by atoms with E-state index < -0.39 is 0 Å². The Kier molecular flexibility index (Phi) is 7.51. The molecule has 21 heavy (non-hydrogen) atoms. The van der Waals surface area contributed by atoms with Gasteiger partial charge in [0.2, 0.25) is 11.8 Å². The second-order valence-electron chi connectivity index (χ2n) is 5.09. The van der Waals surface area contributed by atoms with Gasteiger partial charge in [-0.3, -0.25) is 9.59 Å². The Morgan fingerprint density at radius 1 is 1.00 bits per heavy atom. The maximum Gasteiger partial charge on any atom is 0.243 e. The average Bonchev–Trinajstić information content (AvgIpc) is 2.51. The number of carbonyl (C=O) groups is 2. The number of rotatable bonds is 8. The number of carbonyl (C=O) groups excluding carboxylic acids is 2. The molecule has 116 valence electrons. The van der Waals surface area contributed by atoms with Crippen LogP contribution >= 0.6 is 0 Å². The fourth-order valence-electron chi connectivity index (χ4n) is 2.19. The van der Waals surface area contributed by atoms with Crippen LogP contribution in [0.25, 0.3) is 0 Å². The molecule has 0 saturated carbocycles. The van der Waals surface area contributed by atoms with E-state index >= 15 is 0 Å². The molecule has 2 N–H and O–H groups in total. The number of hydrogen-bond donors (Lipinski definition) is 2. The summed E-state index contributed by atoms with van der Waals surface area (Å²) in [7, 11) is 0. The number of benzene rings is 1. The summed E-state index contributed by atoms with van der Waals surface area (Å²) in [5.41, 5.74) is 3.15. The molecule has 1 aromatic carbocycles. The number of nitrogens with one attached hydrogen (secondary N) is 2. The first-order chi connectivity index (χ1) is 10.1. The fraction of sp³-hybridized carbons (Fsp3) is 0.529. The number of aryl methyl sites for hydroxylation is 2. The third-order valence-corrected chi connectivity index (χ3v) is 3.47. The highest BCUT2D eigenvalue weighted by Crippen LogP contribution is 2.22. The van der Waals surface area contributed by atoms with Gasteiger partial charge in [-0.2, -0.15) is 0 Å². The van der Waals surface area contributed by atoms with Crippen LogP contribution in [0.3, 0.4) is 0 Å². The Morgan fingerprint density at radius 3 is 2.14 bits per heavy atom. The lowest BCUT2D eigenvalue weighted by atomic mass is 10.0. The van der Waals surface area contributed by atoms with E-state index in [4.69, 9.17) is 0 Å². The number of para-hydroxylation sites is 1. The van der Waals surface area contributed by atoms with Gasteiger partial charge < -0.3 is 10.6 Å². The largest absolute Gasteiger partial charge is 0.347 e. The molecule has 0 bridgehead atoms. The lowest BCUT2D eigenvalue weighted by molar-refractivity contribution is -0.124. The highest BCUT2D eigenvalue weighted by molar-refractivity contribution is 5.95. The van der Waals surface area contributed by atoms with Crippen molar-refractivity contribution >= 4 is 17.5 Å². The van der Waals surface area contributed by atoms with Gasteiger partial charge in [0.05, 0.1) is 6.54 Å². The van der Waals surface area contributed by atoms with Crippen LogP contribution in [0.15, 0.2) is 18.2 Å². The SMILES string of the molecule is CCCCC(=O)NCC(=O)Nc1c(CC)cccc1CC. The van der Waals surface area contributed by atoms with Gasteiger partial charge in [0.25, 0.3) is 0 Å². The van der Waals surface area contributed by atoms with Crippen molar-refractivity contribution in [1.82, 2.24) is 5.32 Å². The van der Waals surface area contributed by atoms with E-state index in [1.165, 1.54) is 0 Å². The third kappa shape index (κ3) is 5.58. The smallest absolute Gasteiger partial charge is 0.243 e. The summed E-state index contributed by atoms with van der Waals surface area (Å²) in [6.07, 6.45) is 4.05. The molecule has 0 aliphatic carbocycles. The average molecular weight is 290 g/mol. The molecule has 0 atom stereocenters. The maximum atomic E-state index is 12.0. The Morgan fingerprint density at radius 2 is 1.62 bits per heavy atom. The van der Waals surface area contributed by atoms with Crippen molar-refractivity contribution in [2.45, 2.75) is 52.9 Å². The molecule has 0 heterocycles. The highest BCUT2D eigenvalue weighted by atomic mass is 16.2. The van der Waals surface area contributed by atoms with Crippen molar-refractivity contribution in [3.63, 3.8) is 0 Å². The first-order valence-corrected chi connectivity index (χ1v) is 7.79. The number of unbranched alkanes of at least 4 members (excludes halogenated alkanes) is 1. The summed E-state index contributed by atoms with van der Waals surface area (Å²) in [6, 6.07) is 6.06. The minimum absolute atomic E-state index is 0.0315. The lowest BCUT2D eigenvalue weighted by Gasteiger charge is -2.14. The molecular formula is C17H26N2O2. The zero-order valence-corrected chi connectivity index (χ0v) is 13.3. The second kappa shape index (κ2) is 9.16. The molecule has 0 spiro atoms. The van der Waals surface area contributed by atoms with Gasteiger partial charge in [0.15, 0.2) is 0 Å². The number of anilines is 1. The molecular weight excluding hydrogens is 264 g/mol. The Labute approximate surface area is 127 Å². The number of hydrogen-bond acceptors (Lipinski definition) is 2. The van der Waals surface area contributed by atoms with Gasteiger partial charge in [-0.05, 0) is 30.4 Å². The van der Waals surface area contributed by atoms with Crippen LogP contribution < -0.4 is 10.6 Å². The van der Waals surface area contributed by atoms with Crippen molar-refractivity contribution in [3.8, 4) is 0 Å². The third-order valence-electron chi connectivity index (χ3n) is 3.47. The molecule has 0 saturated heterocycles. The van der Waals surface area contributed by atoms with Crippen LogP contribution in [0, 0.1) is 0 Å². The summed E-state index contributed by atoms with van der Waals surface area (Å²) < 4.78 is 0. The molecule has 2 amide bonds. The molecule has 0 aliphatic heterocycles. The van der Waals surface area contributed by atoms with Crippen molar-refractivity contribution in [3.05, 3.63) is 29.3 Å². The quantitative estimate of drug-likeness (QED) is 0.773. The summed E-state index contributed by atoms with van der Waals surface area (Å²) in [5, 5.41) is 5.60. The van der Waals surface area contributed by atoms with E-state index in [1.807, 2.05) is 25.1 Å². The van der Waals surface area contributed by atoms with Gasteiger partial charge in [-0.15, -0.1) is 0 Å². The zero-order chi connectivity index (χ0) is 15.7. The van der Waals surface area contributed by atoms with Gasteiger partial charge in [0.1, 0.15) is 0 Å². The van der Waals surface area contributed by atoms with E-state index in [9.17, 15) is 9.59 Å². The molecule has 0 aromatic heterocycles. The van der Waals surface area contributed by atoms with E-state index in [-0.39, 0.29) is 18.4 Å². The van der Waals surface area contributed by atoms with E-state index in [2.05, 4.69) is 24.5 Å². The van der Waals surface area contributed by atoms with Gasteiger partial charge in [-0.1, -0.05) is 45.4 Å². The van der Waals surface area contributed by atoms with Gasteiger partial charge in [0, 0.05) is 12.1 Å². The summed E-state index contributed by atoms with van der Waals surface area (Å²) >= 11 is 0. The molecule has 0 radical (unpaired) electrons. The summed E-state index contributed by atoms with van der Waals surface area (Å²) in [6.45, 7) is 6.20. The van der Waals surface area contributed by atoms with Crippen LogP contribution in [0.5, 0.6) is 0 Å². The standard InChI is InChI=1S/C17H26N2O2/c1-4-7-11-15(20)18-12-16(21)19-17-13(5-2)9-8-10-14(17)6-3/h8-10H,4-7,11-12H2,1-3H3,(H,18,20)(H,19,21). The molecule has 0 unspecified atom stereocenters. The van der Waals surface area contributed by atoms with Crippen LogP contribution in [0.1, 0.15) is 51.2 Å². The highest BCUT2D eigenvalue weighted by Gasteiger charge is 2.10. The Bertz CT molecular complexity index is 461. The Balaban J connectivity index is 2.60. The Hall–Kier alpha value is -1.84. The van der Waals surface area contributed by atoms with Gasteiger partial charge >= 0.3 is 0 Å². The van der Waals surface area contributed by atoms with Crippen molar-refractivity contribution in [2.24, 2.45) is 0 Å². The predicted octanol–water partition coefficient (Wildman–Crippen LogP) is 3.06. The number of amides is 2. The van der Waals surface area contributed by atoms with Crippen LogP contribution in [0.2, 0.25) is 0 Å². The first kappa shape index (κ1) is 17.2. The minimum Gasteiger partial charge on any atom is -0.347 e. The molecule has 4 heteroatoms. The van der Waals surface area contributed by atoms with E-state index in [0.717, 1.165) is 42.5 Å². The van der Waals surface area contributed by atoms with Crippen LogP contribution in [-0.4, -0.2) is 18.4 Å². The van der Waals surface area contributed by atoms with Crippen molar-refractivity contribution in [2.75, 3.05) is 11.9 Å². The first-order valence-electron chi connectivity index (χ1n) is 7.79. The topological polar surface area (TPSA) is 58.2 Å². The van der Waals surface area contributed by atoms with E-state index in [1.54, 1.807) is 0 Å². The van der Waals surface area contributed by atoms with Crippen molar-refractivity contribution in [1.29, 1.82) is 0 Å². The lowest BCUT2D eigenvalue weighted by Crippen LogP contribution is -2.33. The van der Waals surface area contributed by atoms with Crippen molar-refractivity contribution < 1.29 is 9.59 Å². The second-order valence-corrected chi connectivity index (χ2v) is 5.09. The fourth-order valence-corrected chi connectivity index (χ4v) is 2.19. The van der Waals surface area contributed by atoms with Crippen LogP contribution in [-0.2, 0) is 22.4 Å². The molecule has 4 nitrogen and oxygen atoms in total. The molecule has 0 aliphatic rings. The van der Waals surface area contributed by atoms with E-state index in [0.29, 0.717) is 6.42 Å². The maximum absolute atomic E-state index is 12.0. The summed E-state index contributed by atoms with van der Waals surface area (Å²) in [5.74, 6) is -0.234. The molecule has 1 rings (SSSR count). The normalized spacial score (nSPS) is 10.2. The van der Waals surface area contributed by atoms with Crippen LogP contribution in [0.4, 0.5) is 5.69 Å². The van der Waals surface area contributed by atoms with Gasteiger partial charge in [-0.25, -0.2) is 0 Å². The summed E-state index contributed by atoms with van der Waals surface area (Å²) in [4.78, 5) is 23.5. The zero-order valence-electron chi connectivity index (χ0n) is 13.3. The minimum atomic E-state index is -0.171.